The van der Waals surface area contributed by atoms with Gasteiger partial charge >= 0.3 is 0 Å². The zero-order valence-corrected chi connectivity index (χ0v) is 13.7. The maximum atomic E-state index is 12.3. The van der Waals surface area contributed by atoms with Crippen molar-refractivity contribution in [2.24, 2.45) is 0 Å². The summed E-state index contributed by atoms with van der Waals surface area (Å²) in [7, 11) is 3.91. The van der Waals surface area contributed by atoms with E-state index in [0.29, 0.717) is 16.3 Å². The summed E-state index contributed by atoms with van der Waals surface area (Å²) in [6.07, 6.45) is 0. The molecule has 2 aromatic carbocycles. The normalized spacial score (nSPS) is 10.7. The van der Waals surface area contributed by atoms with Crippen LogP contribution in [0.5, 0.6) is 0 Å². The Morgan fingerprint density at radius 2 is 1.96 bits per heavy atom. The van der Waals surface area contributed by atoms with Crippen molar-refractivity contribution in [3.63, 3.8) is 0 Å². The molecular weight excluding hydrogens is 310 g/mol. The first-order valence-electron chi connectivity index (χ1n) is 7.16. The Morgan fingerprint density at radius 3 is 2.61 bits per heavy atom. The molecule has 0 radical (unpaired) electrons. The molecule has 23 heavy (non-hydrogen) atoms. The predicted molar refractivity (Wildman–Crippen MR) is 94.3 cm³/mol. The number of rotatable bonds is 4. The van der Waals surface area contributed by atoms with E-state index in [1.165, 1.54) is 11.3 Å². The van der Waals surface area contributed by atoms with Gasteiger partial charge in [-0.3, -0.25) is 4.79 Å². The van der Waals surface area contributed by atoms with E-state index in [2.05, 4.69) is 10.3 Å². The lowest BCUT2D eigenvalue weighted by Crippen LogP contribution is -2.13. The molecule has 0 saturated carbocycles. The van der Waals surface area contributed by atoms with E-state index in [9.17, 15) is 4.79 Å². The number of nitrogens with one attached hydrogen (secondary N) is 1. The van der Waals surface area contributed by atoms with Gasteiger partial charge in [0.2, 0.25) is 0 Å². The standard InChI is InChI=1S/C17H17N3O2S/c1-20(2)13-6-3-11(4-7-13)17(22)18-12-5-8-15-14(9-12)19-16(10-21)23-15/h3-9,21H,10H2,1-2H3,(H,18,22). The molecule has 0 aliphatic carbocycles. The number of anilines is 2. The minimum absolute atomic E-state index is 0.0702. The Balaban J connectivity index is 1.79. The number of carbonyl (C=O) groups excluding carboxylic acids is 1. The molecule has 1 aromatic heterocycles. The summed E-state index contributed by atoms with van der Waals surface area (Å²) in [5, 5.41) is 12.7. The van der Waals surface area contributed by atoms with Crippen molar-refractivity contribution in [3.05, 3.63) is 53.0 Å². The molecule has 0 saturated heterocycles. The summed E-state index contributed by atoms with van der Waals surface area (Å²) in [6.45, 7) is -0.0702. The number of fused-ring (bicyclic) bond motifs is 1. The third kappa shape index (κ3) is 3.33. The largest absolute Gasteiger partial charge is 0.389 e. The first-order chi connectivity index (χ1) is 11.1. The average molecular weight is 327 g/mol. The fraction of sp³-hybridized carbons (Fsp3) is 0.176. The molecule has 2 N–H and O–H groups in total. The number of benzene rings is 2. The summed E-state index contributed by atoms with van der Waals surface area (Å²) in [5.74, 6) is -0.160. The maximum absolute atomic E-state index is 12.3. The van der Waals surface area contributed by atoms with Crippen LogP contribution in [0.15, 0.2) is 42.5 Å². The van der Waals surface area contributed by atoms with E-state index in [-0.39, 0.29) is 12.5 Å². The monoisotopic (exact) mass is 327 g/mol. The van der Waals surface area contributed by atoms with Gasteiger partial charge in [-0.25, -0.2) is 4.98 Å². The number of thiazole rings is 1. The molecule has 0 aliphatic rings. The minimum Gasteiger partial charge on any atom is -0.389 e. The predicted octanol–water partition coefficient (Wildman–Crippen LogP) is 3.11. The first-order valence-corrected chi connectivity index (χ1v) is 7.97. The molecule has 3 aromatic rings. The van der Waals surface area contributed by atoms with Gasteiger partial charge in [0.1, 0.15) is 5.01 Å². The Kier molecular flexibility index (Phi) is 4.27. The molecule has 1 heterocycles. The van der Waals surface area contributed by atoms with Crippen LogP contribution in [0, 0.1) is 0 Å². The summed E-state index contributed by atoms with van der Waals surface area (Å²) < 4.78 is 0.988. The highest BCUT2D eigenvalue weighted by Gasteiger charge is 2.09. The second kappa shape index (κ2) is 6.36. The lowest BCUT2D eigenvalue weighted by atomic mass is 10.2. The number of aromatic nitrogens is 1. The van der Waals surface area contributed by atoms with E-state index in [1.54, 1.807) is 12.1 Å². The Hall–Kier alpha value is -2.44. The zero-order chi connectivity index (χ0) is 16.4. The number of aliphatic hydroxyl groups is 1. The SMILES string of the molecule is CN(C)c1ccc(C(=O)Nc2ccc3sc(CO)nc3c2)cc1. The van der Waals surface area contributed by atoms with Gasteiger partial charge < -0.3 is 15.3 Å². The van der Waals surface area contributed by atoms with E-state index >= 15 is 0 Å². The third-order valence-electron chi connectivity index (χ3n) is 3.47. The van der Waals surface area contributed by atoms with Crippen molar-refractivity contribution in [1.82, 2.24) is 4.98 Å². The average Bonchev–Trinajstić information content (AvgIpc) is 2.97. The van der Waals surface area contributed by atoms with Crippen molar-refractivity contribution in [2.75, 3.05) is 24.3 Å². The molecule has 3 rings (SSSR count). The molecule has 1 amide bonds. The van der Waals surface area contributed by atoms with Crippen LogP contribution >= 0.6 is 11.3 Å². The Bertz CT molecular complexity index is 841. The van der Waals surface area contributed by atoms with Crippen LogP contribution in [0.4, 0.5) is 11.4 Å². The van der Waals surface area contributed by atoms with Crippen molar-refractivity contribution in [2.45, 2.75) is 6.61 Å². The van der Waals surface area contributed by atoms with Gasteiger partial charge in [0.05, 0.1) is 16.8 Å². The van der Waals surface area contributed by atoms with E-state index in [1.807, 2.05) is 49.3 Å². The summed E-state index contributed by atoms with van der Waals surface area (Å²) >= 11 is 1.45. The van der Waals surface area contributed by atoms with Crippen LogP contribution in [-0.4, -0.2) is 30.1 Å². The van der Waals surface area contributed by atoms with Gasteiger partial charge in [0, 0.05) is 31.0 Å². The van der Waals surface area contributed by atoms with Crippen LogP contribution in [0.2, 0.25) is 0 Å². The maximum Gasteiger partial charge on any atom is 0.255 e. The Morgan fingerprint density at radius 1 is 1.22 bits per heavy atom. The van der Waals surface area contributed by atoms with Crippen LogP contribution in [0.1, 0.15) is 15.4 Å². The smallest absolute Gasteiger partial charge is 0.255 e. The fourth-order valence-electron chi connectivity index (χ4n) is 2.23. The minimum atomic E-state index is -0.160. The van der Waals surface area contributed by atoms with Gasteiger partial charge in [0.15, 0.2) is 0 Å². The summed E-state index contributed by atoms with van der Waals surface area (Å²) in [4.78, 5) is 18.6. The molecule has 0 unspecified atom stereocenters. The van der Waals surface area contributed by atoms with Gasteiger partial charge in [0.25, 0.3) is 5.91 Å². The summed E-state index contributed by atoms with van der Waals surface area (Å²) in [5.41, 5.74) is 3.11. The van der Waals surface area contributed by atoms with Gasteiger partial charge in [-0.15, -0.1) is 11.3 Å². The number of aliphatic hydroxyl groups excluding tert-OH is 1. The Labute approximate surface area is 138 Å². The molecule has 5 nitrogen and oxygen atoms in total. The summed E-state index contributed by atoms with van der Waals surface area (Å²) in [6, 6.07) is 13.0. The van der Waals surface area contributed by atoms with Crippen LogP contribution in [0.3, 0.4) is 0 Å². The van der Waals surface area contributed by atoms with Gasteiger partial charge in [-0.1, -0.05) is 0 Å². The van der Waals surface area contributed by atoms with Crippen LogP contribution in [-0.2, 0) is 6.61 Å². The van der Waals surface area contributed by atoms with E-state index in [4.69, 9.17) is 5.11 Å². The number of nitrogens with zero attached hydrogens (tertiary/aromatic N) is 2. The molecule has 0 aliphatic heterocycles. The lowest BCUT2D eigenvalue weighted by Gasteiger charge is -2.12. The molecule has 0 fully saturated rings. The highest BCUT2D eigenvalue weighted by atomic mass is 32.1. The second-order valence-electron chi connectivity index (χ2n) is 5.34. The molecule has 6 heteroatoms. The number of carbonyl (C=O) groups is 1. The van der Waals surface area contributed by atoms with Crippen molar-refractivity contribution >= 4 is 38.8 Å². The van der Waals surface area contributed by atoms with Gasteiger partial charge in [-0.2, -0.15) is 0 Å². The number of amides is 1. The molecule has 0 spiro atoms. The molecule has 0 atom stereocenters. The zero-order valence-electron chi connectivity index (χ0n) is 12.9. The fourth-order valence-corrected chi connectivity index (χ4v) is 3.04. The van der Waals surface area contributed by atoms with E-state index < -0.39 is 0 Å². The molecule has 0 bridgehead atoms. The first kappa shape index (κ1) is 15.5. The highest BCUT2D eigenvalue weighted by molar-refractivity contribution is 7.18. The topological polar surface area (TPSA) is 65.5 Å². The number of hydrogen-bond donors (Lipinski definition) is 2. The quantitative estimate of drug-likeness (QED) is 0.773. The lowest BCUT2D eigenvalue weighted by molar-refractivity contribution is 0.102. The van der Waals surface area contributed by atoms with Crippen LogP contribution < -0.4 is 10.2 Å². The van der Waals surface area contributed by atoms with Crippen LogP contribution in [0.25, 0.3) is 10.2 Å². The van der Waals surface area contributed by atoms with E-state index in [0.717, 1.165) is 15.9 Å². The third-order valence-corrected chi connectivity index (χ3v) is 4.49. The van der Waals surface area contributed by atoms with Crippen molar-refractivity contribution in [1.29, 1.82) is 0 Å². The second-order valence-corrected chi connectivity index (χ2v) is 6.46. The van der Waals surface area contributed by atoms with Crippen molar-refractivity contribution < 1.29 is 9.90 Å². The molecular formula is C17H17N3O2S. The highest BCUT2D eigenvalue weighted by Crippen LogP contribution is 2.25. The molecule has 118 valence electrons. The van der Waals surface area contributed by atoms with Gasteiger partial charge in [-0.05, 0) is 42.5 Å². The number of hydrogen-bond acceptors (Lipinski definition) is 5. The van der Waals surface area contributed by atoms with Crippen molar-refractivity contribution in [3.8, 4) is 0 Å².